The van der Waals surface area contributed by atoms with Crippen molar-refractivity contribution in [2.24, 2.45) is 5.92 Å². The van der Waals surface area contributed by atoms with Gasteiger partial charge in [-0.3, -0.25) is 4.40 Å². The zero-order valence-corrected chi connectivity index (χ0v) is 12.3. The van der Waals surface area contributed by atoms with E-state index in [1.54, 1.807) is 11.3 Å². The van der Waals surface area contributed by atoms with Crippen molar-refractivity contribution in [1.29, 1.82) is 0 Å². The van der Waals surface area contributed by atoms with Crippen LogP contribution in [0.4, 0.5) is 0 Å². The molecule has 0 amide bonds. The number of aliphatic hydroxyl groups is 1. The molecule has 0 bridgehead atoms. The fourth-order valence-corrected chi connectivity index (χ4v) is 3.93. The largest absolute Gasteiger partial charge is 0.393 e. The molecule has 0 aliphatic heterocycles. The van der Waals surface area contributed by atoms with Crippen molar-refractivity contribution in [3.8, 4) is 0 Å². The van der Waals surface area contributed by atoms with Crippen LogP contribution < -0.4 is 5.32 Å². The summed E-state index contributed by atoms with van der Waals surface area (Å²) in [6, 6.07) is 0. The van der Waals surface area contributed by atoms with Crippen LogP contribution in [-0.4, -0.2) is 27.1 Å². The van der Waals surface area contributed by atoms with E-state index in [-0.39, 0.29) is 6.10 Å². The third-order valence-electron chi connectivity index (χ3n) is 4.07. The third kappa shape index (κ3) is 2.55. The lowest BCUT2D eigenvalue weighted by Crippen LogP contribution is -2.22. The molecule has 5 heteroatoms. The van der Waals surface area contributed by atoms with Crippen molar-refractivity contribution in [2.45, 2.75) is 45.8 Å². The predicted octanol–water partition coefficient (Wildman–Crippen LogP) is 2.26. The SMILES string of the molecule is Cc1nc2scc(C)n2c1CNCC1CCC(O)C1. The average molecular weight is 279 g/mol. The summed E-state index contributed by atoms with van der Waals surface area (Å²) in [5.74, 6) is 0.627. The second-order valence-electron chi connectivity index (χ2n) is 5.60. The number of imidazole rings is 1. The summed E-state index contributed by atoms with van der Waals surface area (Å²) in [4.78, 5) is 5.68. The lowest BCUT2D eigenvalue weighted by molar-refractivity contribution is 0.177. The summed E-state index contributed by atoms with van der Waals surface area (Å²) >= 11 is 1.70. The van der Waals surface area contributed by atoms with E-state index in [1.165, 1.54) is 11.4 Å². The summed E-state index contributed by atoms with van der Waals surface area (Å²) in [7, 11) is 0. The molecule has 0 radical (unpaired) electrons. The molecule has 2 N–H and O–H groups in total. The number of aryl methyl sites for hydroxylation is 2. The molecular weight excluding hydrogens is 258 g/mol. The van der Waals surface area contributed by atoms with E-state index in [9.17, 15) is 5.11 Å². The van der Waals surface area contributed by atoms with E-state index in [0.29, 0.717) is 5.92 Å². The molecule has 1 fully saturated rings. The van der Waals surface area contributed by atoms with Gasteiger partial charge in [0.05, 0.1) is 17.5 Å². The number of hydrogen-bond donors (Lipinski definition) is 2. The molecule has 2 heterocycles. The summed E-state index contributed by atoms with van der Waals surface area (Å²) in [5.41, 5.74) is 3.65. The number of nitrogens with zero attached hydrogens (tertiary/aromatic N) is 2. The summed E-state index contributed by atoms with van der Waals surface area (Å²) < 4.78 is 2.25. The van der Waals surface area contributed by atoms with Gasteiger partial charge < -0.3 is 10.4 Å². The van der Waals surface area contributed by atoms with Crippen molar-refractivity contribution in [2.75, 3.05) is 6.54 Å². The van der Waals surface area contributed by atoms with Gasteiger partial charge in [-0.25, -0.2) is 4.98 Å². The Morgan fingerprint density at radius 3 is 3.05 bits per heavy atom. The molecule has 0 saturated heterocycles. The molecule has 19 heavy (non-hydrogen) atoms. The van der Waals surface area contributed by atoms with Crippen LogP contribution in [0, 0.1) is 19.8 Å². The van der Waals surface area contributed by atoms with Gasteiger partial charge in [0.25, 0.3) is 0 Å². The molecule has 104 valence electrons. The van der Waals surface area contributed by atoms with Crippen LogP contribution in [0.5, 0.6) is 0 Å². The van der Waals surface area contributed by atoms with Crippen LogP contribution in [0.25, 0.3) is 4.96 Å². The Labute approximate surface area is 117 Å². The van der Waals surface area contributed by atoms with Gasteiger partial charge in [-0.15, -0.1) is 11.3 Å². The molecule has 1 aliphatic rings. The molecule has 2 aromatic heterocycles. The third-order valence-corrected chi connectivity index (χ3v) is 5.01. The second kappa shape index (κ2) is 5.23. The van der Waals surface area contributed by atoms with Gasteiger partial charge in [0.1, 0.15) is 0 Å². The lowest BCUT2D eigenvalue weighted by Gasteiger charge is -2.11. The van der Waals surface area contributed by atoms with E-state index >= 15 is 0 Å². The summed E-state index contributed by atoms with van der Waals surface area (Å²) in [6.45, 7) is 6.06. The van der Waals surface area contributed by atoms with Crippen LogP contribution in [-0.2, 0) is 6.54 Å². The average Bonchev–Trinajstić information content (AvgIpc) is 3.01. The van der Waals surface area contributed by atoms with Gasteiger partial charge in [0.2, 0.25) is 0 Å². The van der Waals surface area contributed by atoms with Crippen LogP contribution in [0.15, 0.2) is 5.38 Å². The minimum absolute atomic E-state index is 0.0747. The van der Waals surface area contributed by atoms with Crippen molar-refractivity contribution >= 4 is 16.3 Å². The van der Waals surface area contributed by atoms with Crippen LogP contribution >= 0.6 is 11.3 Å². The Balaban J connectivity index is 1.65. The van der Waals surface area contributed by atoms with Crippen molar-refractivity contribution in [1.82, 2.24) is 14.7 Å². The molecule has 2 unspecified atom stereocenters. The Morgan fingerprint density at radius 1 is 1.47 bits per heavy atom. The fraction of sp³-hybridized carbons (Fsp3) is 0.643. The smallest absolute Gasteiger partial charge is 0.194 e. The Bertz CT molecular complexity index is 575. The van der Waals surface area contributed by atoms with Crippen LogP contribution in [0.3, 0.4) is 0 Å². The minimum atomic E-state index is -0.0747. The molecule has 4 nitrogen and oxygen atoms in total. The Morgan fingerprint density at radius 2 is 2.32 bits per heavy atom. The van der Waals surface area contributed by atoms with Crippen molar-refractivity contribution < 1.29 is 5.11 Å². The predicted molar refractivity (Wildman–Crippen MR) is 77.6 cm³/mol. The number of rotatable bonds is 4. The zero-order chi connectivity index (χ0) is 13.4. The van der Waals surface area contributed by atoms with Crippen molar-refractivity contribution in [3.63, 3.8) is 0 Å². The molecule has 2 aromatic rings. The first-order valence-corrected chi connectivity index (χ1v) is 7.84. The highest BCUT2D eigenvalue weighted by Crippen LogP contribution is 2.25. The monoisotopic (exact) mass is 279 g/mol. The van der Waals surface area contributed by atoms with Crippen LogP contribution in [0.1, 0.15) is 36.3 Å². The number of fused-ring (bicyclic) bond motifs is 1. The van der Waals surface area contributed by atoms with E-state index < -0.39 is 0 Å². The van der Waals surface area contributed by atoms with Gasteiger partial charge in [-0.05, 0) is 45.6 Å². The number of hydrogen-bond acceptors (Lipinski definition) is 4. The number of nitrogens with one attached hydrogen (secondary N) is 1. The van der Waals surface area contributed by atoms with Gasteiger partial charge in [-0.2, -0.15) is 0 Å². The highest BCUT2D eigenvalue weighted by atomic mass is 32.1. The first kappa shape index (κ1) is 13.1. The maximum Gasteiger partial charge on any atom is 0.194 e. The Hall–Kier alpha value is -0.910. The van der Waals surface area contributed by atoms with Gasteiger partial charge in [0, 0.05) is 17.6 Å². The molecule has 1 aliphatic carbocycles. The molecule has 3 rings (SSSR count). The molecule has 0 aromatic carbocycles. The molecule has 1 saturated carbocycles. The van der Waals surface area contributed by atoms with Crippen LogP contribution in [0.2, 0.25) is 0 Å². The van der Waals surface area contributed by atoms with Gasteiger partial charge in [0.15, 0.2) is 4.96 Å². The number of aliphatic hydroxyl groups excluding tert-OH is 1. The lowest BCUT2D eigenvalue weighted by atomic mass is 10.1. The summed E-state index contributed by atoms with van der Waals surface area (Å²) in [5, 5.41) is 15.2. The van der Waals surface area contributed by atoms with Crippen molar-refractivity contribution in [3.05, 3.63) is 22.5 Å². The first-order valence-electron chi connectivity index (χ1n) is 6.96. The topological polar surface area (TPSA) is 49.6 Å². The highest BCUT2D eigenvalue weighted by Gasteiger charge is 2.22. The highest BCUT2D eigenvalue weighted by molar-refractivity contribution is 7.15. The van der Waals surface area contributed by atoms with E-state index in [1.807, 2.05) is 0 Å². The van der Waals surface area contributed by atoms with E-state index in [0.717, 1.165) is 43.0 Å². The Kier molecular flexibility index (Phi) is 3.60. The second-order valence-corrected chi connectivity index (χ2v) is 6.44. The number of thiazole rings is 1. The first-order chi connectivity index (χ1) is 9.15. The number of aromatic nitrogens is 2. The molecular formula is C14H21N3OS. The van der Waals surface area contributed by atoms with Gasteiger partial charge >= 0.3 is 0 Å². The normalized spacial score (nSPS) is 23.5. The standard InChI is InChI=1S/C14H21N3OS/c1-9-8-19-14-16-10(2)13(17(9)14)7-15-6-11-3-4-12(18)5-11/h8,11-12,15,18H,3-7H2,1-2H3. The molecule has 2 atom stereocenters. The summed E-state index contributed by atoms with van der Waals surface area (Å²) in [6.07, 6.45) is 2.98. The maximum atomic E-state index is 9.54. The fourth-order valence-electron chi connectivity index (χ4n) is 3.00. The quantitative estimate of drug-likeness (QED) is 0.902. The minimum Gasteiger partial charge on any atom is -0.393 e. The van der Waals surface area contributed by atoms with E-state index in [2.05, 4.69) is 33.9 Å². The zero-order valence-electron chi connectivity index (χ0n) is 11.5. The maximum absolute atomic E-state index is 9.54. The van der Waals surface area contributed by atoms with Gasteiger partial charge in [-0.1, -0.05) is 0 Å². The van der Waals surface area contributed by atoms with E-state index in [4.69, 9.17) is 0 Å². The molecule has 0 spiro atoms.